The van der Waals surface area contributed by atoms with E-state index in [1.165, 1.54) is 12.1 Å². The Hall–Kier alpha value is -2.04. The predicted octanol–water partition coefficient (Wildman–Crippen LogP) is 2.26. The first-order valence-electron chi connectivity index (χ1n) is 5.47. The number of hydrogen-bond acceptors (Lipinski definition) is 2. The Balaban J connectivity index is 2.37. The minimum Gasteiger partial charge on any atom is -0.310 e. The van der Waals surface area contributed by atoms with Crippen LogP contribution in [0.1, 0.15) is 22.6 Å². The number of rotatable bonds is 2. The van der Waals surface area contributed by atoms with Crippen molar-refractivity contribution in [2.75, 3.05) is 0 Å². The van der Waals surface area contributed by atoms with E-state index in [9.17, 15) is 13.6 Å². The number of H-pyrrole nitrogens is 1. The molecule has 1 aromatic carbocycles. The van der Waals surface area contributed by atoms with Crippen molar-refractivity contribution < 1.29 is 8.78 Å². The minimum atomic E-state index is -0.643. The van der Waals surface area contributed by atoms with Crippen LogP contribution in [0.2, 0.25) is 0 Å². The predicted molar refractivity (Wildman–Crippen MR) is 63.5 cm³/mol. The van der Waals surface area contributed by atoms with Gasteiger partial charge in [-0.2, -0.15) is 0 Å². The Morgan fingerprint density at radius 3 is 2.61 bits per heavy atom. The minimum absolute atomic E-state index is 0.127. The van der Waals surface area contributed by atoms with Crippen LogP contribution in [0.15, 0.2) is 23.0 Å². The summed E-state index contributed by atoms with van der Waals surface area (Å²) in [6, 6.07) is 3.34. The number of aromatic nitrogens is 2. The molecule has 0 aliphatic rings. The van der Waals surface area contributed by atoms with Gasteiger partial charge in [0, 0.05) is 23.7 Å². The molecule has 2 rings (SSSR count). The Labute approximate surface area is 103 Å². The molecular weight excluding hydrogens is 238 g/mol. The zero-order valence-corrected chi connectivity index (χ0v) is 10.1. The van der Waals surface area contributed by atoms with E-state index in [2.05, 4.69) is 9.97 Å². The van der Waals surface area contributed by atoms with Crippen molar-refractivity contribution in [2.24, 2.45) is 0 Å². The summed E-state index contributed by atoms with van der Waals surface area (Å²) in [6.07, 6.45) is 0.127. The molecule has 0 aliphatic heterocycles. The summed E-state index contributed by atoms with van der Waals surface area (Å²) in [5.41, 5.74) is 1.21. The molecule has 3 nitrogen and oxygen atoms in total. The Morgan fingerprint density at radius 1 is 1.28 bits per heavy atom. The fourth-order valence-corrected chi connectivity index (χ4v) is 1.63. The average molecular weight is 250 g/mol. The molecule has 1 heterocycles. The van der Waals surface area contributed by atoms with Crippen LogP contribution in [-0.2, 0) is 6.42 Å². The third-order valence-electron chi connectivity index (χ3n) is 2.82. The number of nitrogens with one attached hydrogen (secondary N) is 1. The molecule has 0 saturated carbocycles. The zero-order chi connectivity index (χ0) is 13.3. The molecule has 2 aromatic rings. The molecule has 0 atom stereocenters. The Kier molecular flexibility index (Phi) is 3.23. The van der Waals surface area contributed by atoms with Crippen molar-refractivity contribution in [3.05, 3.63) is 62.8 Å². The second kappa shape index (κ2) is 4.68. The first-order valence-corrected chi connectivity index (χ1v) is 5.47. The fraction of sp³-hybridized carbons (Fsp3) is 0.231. The second-order valence-electron chi connectivity index (χ2n) is 4.14. The summed E-state index contributed by atoms with van der Waals surface area (Å²) < 4.78 is 26.2. The van der Waals surface area contributed by atoms with Gasteiger partial charge in [0.25, 0.3) is 5.56 Å². The summed E-state index contributed by atoms with van der Waals surface area (Å²) in [4.78, 5) is 18.3. The molecule has 0 radical (unpaired) electrons. The Morgan fingerprint density at radius 2 is 2.00 bits per heavy atom. The van der Waals surface area contributed by atoms with E-state index in [1.54, 1.807) is 13.8 Å². The molecular formula is C13H12F2N2O. The topological polar surface area (TPSA) is 45.8 Å². The lowest BCUT2D eigenvalue weighted by molar-refractivity contribution is 0.573. The molecule has 0 fully saturated rings. The first-order chi connectivity index (χ1) is 8.47. The normalized spacial score (nSPS) is 10.7. The van der Waals surface area contributed by atoms with Gasteiger partial charge in [0.1, 0.15) is 17.5 Å². The molecule has 0 bridgehead atoms. The van der Waals surface area contributed by atoms with Crippen molar-refractivity contribution in [3.63, 3.8) is 0 Å². The number of halogens is 2. The van der Waals surface area contributed by atoms with E-state index in [1.807, 2.05) is 0 Å². The molecule has 0 aliphatic carbocycles. The van der Waals surface area contributed by atoms with Crippen LogP contribution in [0, 0.1) is 25.5 Å². The van der Waals surface area contributed by atoms with E-state index in [-0.39, 0.29) is 12.0 Å². The SMILES string of the molecule is Cc1nc(Cc2ccc(F)cc2F)[nH]c(=O)c1C. The lowest BCUT2D eigenvalue weighted by Gasteiger charge is -2.05. The lowest BCUT2D eigenvalue weighted by atomic mass is 10.1. The highest BCUT2D eigenvalue weighted by atomic mass is 19.1. The molecule has 94 valence electrons. The van der Waals surface area contributed by atoms with Gasteiger partial charge in [-0.05, 0) is 25.5 Å². The average Bonchev–Trinajstić information content (AvgIpc) is 2.29. The number of benzene rings is 1. The largest absolute Gasteiger partial charge is 0.310 e. The van der Waals surface area contributed by atoms with Gasteiger partial charge in [-0.25, -0.2) is 13.8 Å². The quantitative estimate of drug-likeness (QED) is 0.888. The molecule has 1 N–H and O–H groups in total. The van der Waals surface area contributed by atoms with Crippen LogP contribution >= 0.6 is 0 Å². The number of aromatic amines is 1. The first kappa shape index (κ1) is 12.4. The maximum atomic E-state index is 13.5. The lowest BCUT2D eigenvalue weighted by Crippen LogP contribution is -2.16. The van der Waals surface area contributed by atoms with E-state index < -0.39 is 11.6 Å². The van der Waals surface area contributed by atoms with Gasteiger partial charge in [-0.3, -0.25) is 4.79 Å². The monoisotopic (exact) mass is 250 g/mol. The van der Waals surface area contributed by atoms with Gasteiger partial charge in [-0.15, -0.1) is 0 Å². The van der Waals surface area contributed by atoms with Crippen LogP contribution in [-0.4, -0.2) is 9.97 Å². The van der Waals surface area contributed by atoms with Crippen molar-refractivity contribution in [2.45, 2.75) is 20.3 Å². The maximum absolute atomic E-state index is 13.5. The highest BCUT2D eigenvalue weighted by molar-refractivity contribution is 5.23. The summed E-state index contributed by atoms with van der Waals surface area (Å²) in [5.74, 6) is -0.901. The van der Waals surface area contributed by atoms with Crippen molar-refractivity contribution in [1.29, 1.82) is 0 Å². The van der Waals surface area contributed by atoms with Gasteiger partial charge < -0.3 is 4.98 Å². The van der Waals surface area contributed by atoms with Gasteiger partial charge in [0.2, 0.25) is 0 Å². The van der Waals surface area contributed by atoms with Gasteiger partial charge in [-0.1, -0.05) is 6.07 Å². The zero-order valence-electron chi connectivity index (χ0n) is 10.1. The van der Waals surface area contributed by atoms with Crippen LogP contribution in [0.5, 0.6) is 0 Å². The molecule has 0 amide bonds. The second-order valence-corrected chi connectivity index (χ2v) is 4.14. The van der Waals surface area contributed by atoms with Crippen molar-refractivity contribution >= 4 is 0 Å². The highest BCUT2D eigenvalue weighted by Gasteiger charge is 2.08. The standard InChI is InChI=1S/C13H12F2N2O/c1-7-8(2)16-12(17-13(7)18)5-9-3-4-10(14)6-11(9)15/h3-4,6H,5H2,1-2H3,(H,16,17,18). The molecule has 0 unspecified atom stereocenters. The molecule has 1 aromatic heterocycles. The summed E-state index contributed by atoms with van der Waals surface area (Å²) in [7, 11) is 0. The summed E-state index contributed by atoms with van der Waals surface area (Å²) in [6.45, 7) is 3.39. The summed E-state index contributed by atoms with van der Waals surface area (Å²) >= 11 is 0. The number of nitrogens with zero attached hydrogens (tertiary/aromatic N) is 1. The van der Waals surface area contributed by atoms with Crippen LogP contribution in [0.3, 0.4) is 0 Å². The van der Waals surface area contributed by atoms with Crippen LogP contribution in [0.4, 0.5) is 8.78 Å². The third kappa shape index (κ3) is 2.45. The Bertz CT molecular complexity index is 650. The van der Waals surface area contributed by atoms with E-state index in [0.717, 1.165) is 6.07 Å². The van der Waals surface area contributed by atoms with E-state index in [4.69, 9.17) is 0 Å². The molecule has 0 spiro atoms. The summed E-state index contributed by atoms with van der Waals surface area (Å²) in [5, 5.41) is 0. The van der Waals surface area contributed by atoms with E-state index in [0.29, 0.717) is 22.6 Å². The molecule has 0 saturated heterocycles. The molecule has 5 heteroatoms. The third-order valence-corrected chi connectivity index (χ3v) is 2.82. The van der Waals surface area contributed by atoms with E-state index >= 15 is 0 Å². The fourth-order valence-electron chi connectivity index (χ4n) is 1.63. The maximum Gasteiger partial charge on any atom is 0.254 e. The molecule has 18 heavy (non-hydrogen) atoms. The highest BCUT2D eigenvalue weighted by Crippen LogP contribution is 2.12. The number of hydrogen-bond donors (Lipinski definition) is 1. The van der Waals surface area contributed by atoms with Crippen LogP contribution < -0.4 is 5.56 Å². The smallest absolute Gasteiger partial charge is 0.254 e. The van der Waals surface area contributed by atoms with Crippen LogP contribution in [0.25, 0.3) is 0 Å². The van der Waals surface area contributed by atoms with Gasteiger partial charge >= 0.3 is 0 Å². The number of aryl methyl sites for hydroxylation is 1. The van der Waals surface area contributed by atoms with Gasteiger partial charge in [0.05, 0.1) is 0 Å². The van der Waals surface area contributed by atoms with Gasteiger partial charge in [0.15, 0.2) is 0 Å². The van der Waals surface area contributed by atoms with Crippen molar-refractivity contribution in [1.82, 2.24) is 9.97 Å². The van der Waals surface area contributed by atoms with Crippen molar-refractivity contribution in [3.8, 4) is 0 Å².